The van der Waals surface area contributed by atoms with Crippen molar-refractivity contribution in [3.8, 4) is 5.75 Å². The molecule has 80 valence electrons. The maximum Gasteiger partial charge on any atom is 0.119 e. The first kappa shape index (κ1) is 10.1. The van der Waals surface area contributed by atoms with E-state index < -0.39 is 0 Å². The zero-order valence-electron chi connectivity index (χ0n) is 9.25. The molecule has 1 aromatic carbocycles. The Bertz CT molecular complexity index is 380. The highest BCUT2D eigenvalue weighted by Crippen LogP contribution is 2.33. The van der Waals surface area contributed by atoms with Crippen LogP contribution in [0.2, 0.25) is 0 Å². The Kier molecular flexibility index (Phi) is 2.95. The van der Waals surface area contributed by atoms with Crippen LogP contribution >= 0.6 is 0 Å². The number of hydrogen-bond donors (Lipinski definition) is 0. The Hall–Kier alpha value is -1.44. The fourth-order valence-electron chi connectivity index (χ4n) is 2.07. The zero-order chi connectivity index (χ0) is 10.7. The molecule has 0 aromatic heterocycles. The molecular formula is C13H16O2. The number of rotatable bonds is 2. The summed E-state index contributed by atoms with van der Waals surface area (Å²) in [6.07, 6.45) is 5.29. The Balaban J connectivity index is 2.44. The minimum atomic E-state index is 0.914. The van der Waals surface area contributed by atoms with E-state index in [1.807, 2.05) is 12.3 Å². The zero-order valence-corrected chi connectivity index (χ0v) is 9.25. The molecule has 0 saturated heterocycles. The van der Waals surface area contributed by atoms with E-state index in [0.717, 1.165) is 18.6 Å². The van der Waals surface area contributed by atoms with Crippen LogP contribution in [0, 0.1) is 0 Å². The van der Waals surface area contributed by atoms with Crippen molar-refractivity contribution < 1.29 is 9.47 Å². The maximum absolute atomic E-state index is 5.24. The van der Waals surface area contributed by atoms with Crippen LogP contribution < -0.4 is 4.74 Å². The van der Waals surface area contributed by atoms with Crippen LogP contribution in [0.1, 0.15) is 24.0 Å². The van der Waals surface area contributed by atoms with Crippen molar-refractivity contribution >= 4 is 5.57 Å². The van der Waals surface area contributed by atoms with Crippen molar-refractivity contribution in [2.75, 3.05) is 14.2 Å². The average molecular weight is 204 g/mol. The van der Waals surface area contributed by atoms with E-state index in [2.05, 4.69) is 12.1 Å². The fraction of sp³-hybridized carbons (Fsp3) is 0.385. The number of allylic oxidation sites excluding steroid dienone is 1. The summed E-state index contributed by atoms with van der Waals surface area (Å²) in [7, 11) is 3.39. The third-order valence-electron chi connectivity index (χ3n) is 2.82. The van der Waals surface area contributed by atoms with Gasteiger partial charge in [-0.05, 0) is 48.1 Å². The molecule has 0 fully saturated rings. The first-order valence-corrected chi connectivity index (χ1v) is 5.24. The van der Waals surface area contributed by atoms with E-state index >= 15 is 0 Å². The molecule has 2 nitrogen and oxygen atoms in total. The van der Waals surface area contributed by atoms with Crippen LogP contribution in [0.5, 0.6) is 5.75 Å². The molecular weight excluding hydrogens is 188 g/mol. The standard InChI is InChI=1S/C13H16O2/c1-14-9-11-5-3-4-10-6-7-12(15-2)8-13(10)11/h6-9H,3-5H2,1-2H3. The van der Waals surface area contributed by atoms with E-state index in [0.29, 0.717) is 0 Å². The lowest BCUT2D eigenvalue weighted by atomic mass is 9.88. The number of ether oxygens (including phenoxy) is 2. The van der Waals surface area contributed by atoms with Crippen LogP contribution in [0.15, 0.2) is 24.5 Å². The van der Waals surface area contributed by atoms with E-state index in [4.69, 9.17) is 9.47 Å². The quantitative estimate of drug-likeness (QED) is 0.689. The summed E-state index contributed by atoms with van der Waals surface area (Å²) in [5.74, 6) is 0.914. The van der Waals surface area contributed by atoms with Gasteiger partial charge in [-0.2, -0.15) is 0 Å². The molecule has 0 bridgehead atoms. The highest BCUT2D eigenvalue weighted by molar-refractivity contribution is 5.70. The number of fused-ring (bicyclic) bond motifs is 1. The molecule has 0 aliphatic heterocycles. The molecule has 15 heavy (non-hydrogen) atoms. The second-order valence-electron chi connectivity index (χ2n) is 3.76. The van der Waals surface area contributed by atoms with Crippen LogP contribution in [0.25, 0.3) is 5.57 Å². The molecule has 0 atom stereocenters. The van der Waals surface area contributed by atoms with Crippen LogP contribution in [0.4, 0.5) is 0 Å². The third-order valence-corrected chi connectivity index (χ3v) is 2.82. The van der Waals surface area contributed by atoms with Crippen molar-refractivity contribution in [3.05, 3.63) is 35.6 Å². The molecule has 2 heteroatoms. The number of methoxy groups -OCH3 is 2. The van der Waals surface area contributed by atoms with Gasteiger partial charge in [0.05, 0.1) is 20.5 Å². The van der Waals surface area contributed by atoms with Gasteiger partial charge in [-0.1, -0.05) is 6.07 Å². The molecule has 0 unspecified atom stereocenters. The summed E-state index contributed by atoms with van der Waals surface area (Å²) in [5, 5.41) is 0. The SMILES string of the molecule is COC=C1CCCc2ccc(OC)cc21. The van der Waals surface area contributed by atoms with Gasteiger partial charge in [0.25, 0.3) is 0 Å². The third kappa shape index (κ3) is 1.99. The molecule has 0 spiro atoms. The minimum Gasteiger partial charge on any atom is -0.504 e. The molecule has 0 radical (unpaired) electrons. The minimum absolute atomic E-state index is 0.914. The van der Waals surface area contributed by atoms with Crippen LogP contribution in [-0.2, 0) is 11.2 Å². The molecule has 0 amide bonds. The summed E-state index contributed by atoms with van der Waals surface area (Å²) in [6.45, 7) is 0. The number of hydrogen-bond acceptors (Lipinski definition) is 2. The largest absolute Gasteiger partial charge is 0.504 e. The topological polar surface area (TPSA) is 18.5 Å². The van der Waals surface area contributed by atoms with Gasteiger partial charge < -0.3 is 9.47 Å². The first-order valence-electron chi connectivity index (χ1n) is 5.24. The average Bonchev–Trinajstić information content (AvgIpc) is 2.29. The van der Waals surface area contributed by atoms with E-state index in [9.17, 15) is 0 Å². The Morgan fingerprint density at radius 3 is 2.80 bits per heavy atom. The summed E-state index contributed by atoms with van der Waals surface area (Å²) in [6, 6.07) is 6.27. The van der Waals surface area contributed by atoms with Gasteiger partial charge in [-0.15, -0.1) is 0 Å². The molecule has 2 rings (SSSR count). The summed E-state index contributed by atoms with van der Waals surface area (Å²) >= 11 is 0. The molecule has 1 aromatic rings. The van der Waals surface area contributed by atoms with E-state index in [1.165, 1.54) is 23.1 Å². The van der Waals surface area contributed by atoms with Crippen molar-refractivity contribution in [3.63, 3.8) is 0 Å². The molecule has 1 aliphatic rings. The first-order chi connectivity index (χ1) is 7.35. The van der Waals surface area contributed by atoms with E-state index in [-0.39, 0.29) is 0 Å². The lowest BCUT2D eigenvalue weighted by Gasteiger charge is -2.19. The maximum atomic E-state index is 5.24. The Morgan fingerprint density at radius 1 is 1.20 bits per heavy atom. The predicted octanol–water partition coefficient (Wildman–Crippen LogP) is 3.02. The van der Waals surface area contributed by atoms with Crippen molar-refractivity contribution in [1.29, 1.82) is 0 Å². The second kappa shape index (κ2) is 4.39. The normalized spacial score (nSPS) is 17.3. The van der Waals surface area contributed by atoms with Crippen molar-refractivity contribution in [1.82, 2.24) is 0 Å². The number of benzene rings is 1. The highest BCUT2D eigenvalue weighted by Gasteiger charge is 2.14. The monoisotopic (exact) mass is 204 g/mol. The fourth-order valence-corrected chi connectivity index (χ4v) is 2.07. The van der Waals surface area contributed by atoms with Gasteiger partial charge in [-0.25, -0.2) is 0 Å². The smallest absolute Gasteiger partial charge is 0.119 e. The molecule has 0 saturated carbocycles. The van der Waals surface area contributed by atoms with Gasteiger partial charge in [0.2, 0.25) is 0 Å². The second-order valence-corrected chi connectivity index (χ2v) is 3.76. The van der Waals surface area contributed by atoms with Gasteiger partial charge in [0.15, 0.2) is 0 Å². The molecule has 0 N–H and O–H groups in total. The van der Waals surface area contributed by atoms with Crippen LogP contribution in [-0.4, -0.2) is 14.2 Å². The van der Waals surface area contributed by atoms with Crippen molar-refractivity contribution in [2.45, 2.75) is 19.3 Å². The van der Waals surface area contributed by atoms with Gasteiger partial charge in [0.1, 0.15) is 5.75 Å². The lowest BCUT2D eigenvalue weighted by molar-refractivity contribution is 0.338. The summed E-state index contributed by atoms with van der Waals surface area (Å²) in [5.41, 5.74) is 3.95. The predicted molar refractivity (Wildman–Crippen MR) is 60.9 cm³/mol. The highest BCUT2D eigenvalue weighted by atomic mass is 16.5. The molecule has 1 aliphatic carbocycles. The Labute approximate surface area is 90.5 Å². The summed E-state index contributed by atoms with van der Waals surface area (Å²) < 4.78 is 10.3. The number of aryl methyl sites for hydroxylation is 1. The lowest BCUT2D eigenvalue weighted by Crippen LogP contribution is -2.02. The van der Waals surface area contributed by atoms with Gasteiger partial charge in [-0.3, -0.25) is 0 Å². The van der Waals surface area contributed by atoms with Gasteiger partial charge in [0, 0.05) is 0 Å². The van der Waals surface area contributed by atoms with Crippen molar-refractivity contribution in [2.24, 2.45) is 0 Å². The summed E-state index contributed by atoms with van der Waals surface area (Å²) in [4.78, 5) is 0. The van der Waals surface area contributed by atoms with E-state index in [1.54, 1.807) is 14.2 Å². The van der Waals surface area contributed by atoms with Crippen LogP contribution in [0.3, 0.4) is 0 Å². The van der Waals surface area contributed by atoms with Gasteiger partial charge >= 0.3 is 0 Å². The Morgan fingerprint density at radius 2 is 2.07 bits per heavy atom. The molecule has 0 heterocycles.